The fourth-order valence-corrected chi connectivity index (χ4v) is 2.68. The summed E-state index contributed by atoms with van der Waals surface area (Å²) in [5.41, 5.74) is 1.21. The maximum absolute atomic E-state index is 10.6. The highest BCUT2D eigenvalue weighted by Gasteiger charge is 2.14. The van der Waals surface area contributed by atoms with Crippen LogP contribution in [0.5, 0.6) is 11.5 Å². The van der Waals surface area contributed by atoms with Gasteiger partial charge in [-0.2, -0.15) is 0 Å². The fraction of sp³-hybridized carbons (Fsp3) is 0.222. The van der Waals surface area contributed by atoms with Crippen LogP contribution in [0.3, 0.4) is 0 Å². The maximum Gasteiger partial charge on any atom is 0.135 e. The van der Waals surface area contributed by atoms with Crippen LogP contribution in [0.2, 0.25) is 0 Å². The van der Waals surface area contributed by atoms with Crippen molar-refractivity contribution in [1.82, 2.24) is 0 Å². The van der Waals surface area contributed by atoms with Gasteiger partial charge in [0, 0.05) is 21.5 Å². The zero-order chi connectivity index (χ0) is 14.1. The Morgan fingerprint density at radius 3 is 2.30 bits per heavy atom. The number of phenols is 1. The molecule has 3 aromatic carbocycles. The molecule has 0 bridgehead atoms. The molecule has 2 nitrogen and oxygen atoms in total. The summed E-state index contributed by atoms with van der Waals surface area (Å²) in [6, 6.07) is 14.0. The lowest BCUT2D eigenvalue weighted by atomic mass is 9.98. The van der Waals surface area contributed by atoms with Gasteiger partial charge >= 0.3 is 0 Å². The van der Waals surface area contributed by atoms with Crippen molar-refractivity contribution in [2.24, 2.45) is 0 Å². The third-order valence-electron chi connectivity index (χ3n) is 3.71. The molecular weight excluding hydrogens is 248 g/mol. The van der Waals surface area contributed by atoms with Crippen molar-refractivity contribution in [3.8, 4) is 11.5 Å². The van der Waals surface area contributed by atoms with Gasteiger partial charge in [0.15, 0.2) is 0 Å². The lowest BCUT2D eigenvalue weighted by Crippen LogP contribution is -1.95. The van der Waals surface area contributed by atoms with Crippen molar-refractivity contribution < 1.29 is 9.84 Å². The minimum atomic E-state index is 0.342. The number of hydrogen-bond donors (Lipinski definition) is 1. The van der Waals surface area contributed by atoms with Crippen LogP contribution in [0.15, 0.2) is 42.5 Å². The standard InChI is InChI=1S/C18H18O2/c1-3-12-9-10-15-16(11-12)17(19)13-7-5-6-8-14(13)18(15)20-4-2/h5-11,19H,3-4H2,1-2H3. The number of rotatable bonds is 3. The SMILES string of the molecule is CCOc1c2ccccc2c(O)c2cc(CC)ccc12. The van der Waals surface area contributed by atoms with Crippen LogP contribution in [0.1, 0.15) is 19.4 Å². The van der Waals surface area contributed by atoms with Crippen LogP contribution in [0.4, 0.5) is 0 Å². The van der Waals surface area contributed by atoms with Crippen molar-refractivity contribution in [1.29, 1.82) is 0 Å². The van der Waals surface area contributed by atoms with Crippen LogP contribution < -0.4 is 4.74 Å². The highest BCUT2D eigenvalue weighted by molar-refractivity contribution is 6.10. The van der Waals surface area contributed by atoms with Crippen molar-refractivity contribution in [3.05, 3.63) is 48.0 Å². The first-order chi connectivity index (χ1) is 9.76. The lowest BCUT2D eigenvalue weighted by molar-refractivity contribution is 0.348. The van der Waals surface area contributed by atoms with Crippen molar-refractivity contribution in [2.75, 3.05) is 6.61 Å². The minimum Gasteiger partial charge on any atom is -0.507 e. The number of aryl methyl sites for hydroxylation is 1. The largest absolute Gasteiger partial charge is 0.507 e. The molecule has 0 aliphatic heterocycles. The molecule has 0 atom stereocenters. The van der Waals surface area contributed by atoms with Crippen LogP contribution in [-0.4, -0.2) is 11.7 Å². The van der Waals surface area contributed by atoms with Crippen LogP contribution in [0.25, 0.3) is 21.5 Å². The van der Waals surface area contributed by atoms with E-state index in [4.69, 9.17) is 4.74 Å². The topological polar surface area (TPSA) is 29.5 Å². The van der Waals surface area contributed by atoms with Gasteiger partial charge in [0.25, 0.3) is 0 Å². The predicted octanol–water partition coefficient (Wildman–Crippen LogP) is 4.66. The average Bonchev–Trinajstić information content (AvgIpc) is 2.51. The molecule has 0 spiro atoms. The molecule has 0 heterocycles. The van der Waals surface area contributed by atoms with Crippen LogP contribution >= 0.6 is 0 Å². The first kappa shape index (κ1) is 12.8. The molecule has 0 saturated heterocycles. The summed E-state index contributed by atoms with van der Waals surface area (Å²) < 4.78 is 5.85. The molecule has 20 heavy (non-hydrogen) atoms. The molecule has 0 fully saturated rings. The van der Waals surface area contributed by atoms with Gasteiger partial charge in [-0.05, 0) is 25.0 Å². The molecule has 0 aliphatic carbocycles. The Labute approximate surface area is 118 Å². The monoisotopic (exact) mass is 266 g/mol. The van der Waals surface area contributed by atoms with Crippen molar-refractivity contribution in [2.45, 2.75) is 20.3 Å². The van der Waals surface area contributed by atoms with Crippen molar-refractivity contribution in [3.63, 3.8) is 0 Å². The van der Waals surface area contributed by atoms with E-state index in [2.05, 4.69) is 19.1 Å². The number of aromatic hydroxyl groups is 1. The van der Waals surface area contributed by atoms with Gasteiger partial charge in [-0.15, -0.1) is 0 Å². The van der Waals surface area contributed by atoms with E-state index in [9.17, 15) is 5.11 Å². The second-order valence-electron chi connectivity index (χ2n) is 4.89. The molecule has 102 valence electrons. The second kappa shape index (κ2) is 5.04. The van der Waals surface area contributed by atoms with E-state index in [1.165, 1.54) is 5.56 Å². The van der Waals surface area contributed by atoms with Gasteiger partial charge in [-0.3, -0.25) is 0 Å². The Kier molecular flexibility index (Phi) is 3.23. The van der Waals surface area contributed by atoms with E-state index >= 15 is 0 Å². The summed E-state index contributed by atoms with van der Waals surface area (Å²) in [6.45, 7) is 4.70. The van der Waals surface area contributed by atoms with Gasteiger partial charge in [0.2, 0.25) is 0 Å². The lowest BCUT2D eigenvalue weighted by Gasteiger charge is -2.14. The van der Waals surface area contributed by atoms with E-state index in [0.29, 0.717) is 12.4 Å². The summed E-state index contributed by atoms with van der Waals surface area (Å²) >= 11 is 0. The fourth-order valence-electron chi connectivity index (χ4n) is 2.68. The average molecular weight is 266 g/mol. The highest BCUT2D eigenvalue weighted by atomic mass is 16.5. The molecule has 0 unspecified atom stereocenters. The predicted molar refractivity (Wildman–Crippen MR) is 83.7 cm³/mol. The molecule has 3 aromatic rings. The zero-order valence-corrected chi connectivity index (χ0v) is 11.8. The molecule has 0 aliphatic rings. The molecule has 1 N–H and O–H groups in total. The number of ether oxygens (including phenoxy) is 1. The quantitative estimate of drug-likeness (QED) is 0.699. The molecule has 0 radical (unpaired) electrons. The van der Waals surface area contributed by atoms with Crippen LogP contribution in [0, 0.1) is 0 Å². The van der Waals surface area contributed by atoms with Gasteiger partial charge in [0.05, 0.1) is 6.61 Å². The van der Waals surface area contributed by atoms with E-state index in [1.807, 2.05) is 37.3 Å². The summed E-state index contributed by atoms with van der Waals surface area (Å²) in [7, 11) is 0. The van der Waals surface area contributed by atoms with E-state index in [1.54, 1.807) is 0 Å². The smallest absolute Gasteiger partial charge is 0.135 e. The number of phenolic OH excluding ortho intramolecular Hbond substituents is 1. The highest BCUT2D eigenvalue weighted by Crippen LogP contribution is 2.42. The summed E-state index contributed by atoms with van der Waals surface area (Å²) in [6.07, 6.45) is 0.951. The van der Waals surface area contributed by atoms with E-state index in [0.717, 1.165) is 33.7 Å². The summed E-state index contributed by atoms with van der Waals surface area (Å²) in [5, 5.41) is 14.2. The third-order valence-corrected chi connectivity index (χ3v) is 3.71. The molecule has 3 rings (SSSR count). The van der Waals surface area contributed by atoms with E-state index < -0.39 is 0 Å². The molecule has 0 amide bonds. The molecule has 2 heteroatoms. The van der Waals surface area contributed by atoms with Gasteiger partial charge < -0.3 is 9.84 Å². The molecule has 0 saturated carbocycles. The number of benzene rings is 3. The Hall–Kier alpha value is -2.22. The first-order valence-electron chi connectivity index (χ1n) is 7.05. The minimum absolute atomic E-state index is 0.342. The number of hydrogen-bond acceptors (Lipinski definition) is 2. The maximum atomic E-state index is 10.6. The van der Waals surface area contributed by atoms with Crippen molar-refractivity contribution >= 4 is 21.5 Å². The molecule has 0 aromatic heterocycles. The Bertz CT molecular complexity index is 775. The normalized spacial score (nSPS) is 11.1. The first-order valence-corrected chi connectivity index (χ1v) is 7.05. The van der Waals surface area contributed by atoms with Gasteiger partial charge in [-0.1, -0.05) is 43.3 Å². The Balaban J connectivity index is 2.48. The Morgan fingerprint density at radius 1 is 0.900 bits per heavy atom. The van der Waals surface area contributed by atoms with E-state index in [-0.39, 0.29) is 0 Å². The Morgan fingerprint density at radius 2 is 1.60 bits per heavy atom. The summed E-state index contributed by atoms with van der Waals surface area (Å²) in [4.78, 5) is 0. The zero-order valence-electron chi connectivity index (χ0n) is 11.8. The number of fused-ring (bicyclic) bond motifs is 2. The van der Waals surface area contributed by atoms with Crippen LogP contribution in [-0.2, 0) is 6.42 Å². The second-order valence-corrected chi connectivity index (χ2v) is 4.89. The molecular formula is C18H18O2. The van der Waals surface area contributed by atoms with Gasteiger partial charge in [0.1, 0.15) is 11.5 Å². The third kappa shape index (κ3) is 1.88. The van der Waals surface area contributed by atoms with Gasteiger partial charge in [-0.25, -0.2) is 0 Å². The summed E-state index contributed by atoms with van der Waals surface area (Å²) in [5.74, 6) is 1.20.